The SMILES string of the molecule is C=CCOc1ccc2c(c1)C1C(CCCCO)C(CCCCO)C=C3C(=NOCc4ccc([N+](=O)[O-])cc4)CC(N(Cc4cccc5ccccc45)C(=O)C=Cc4ccc([N+](=O)[O-])cc4)C(OCC=C)(O2)C31. The van der Waals surface area contributed by atoms with Crippen LogP contribution in [0.3, 0.4) is 0 Å². The second-order valence-electron chi connectivity index (χ2n) is 18.4. The number of carbonyl (C=O) groups excluding carboxylic acids is 1. The number of nitro benzene ring substituents is 2. The number of hydrogen-bond acceptors (Lipinski definition) is 12. The Morgan fingerprint density at radius 1 is 0.847 bits per heavy atom. The fourth-order valence-electron chi connectivity index (χ4n) is 10.7. The molecule has 8 rings (SSSR count). The Balaban J connectivity index is 1.35. The molecule has 72 heavy (non-hydrogen) atoms. The number of benzene rings is 5. The molecule has 1 aliphatic heterocycles. The van der Waals surface area contributed by atoms with Crippen molar-refractivity contribution in [3.8, 4) is 11.5 Å². The summed E-state index contributed by atoms with van der Waals surface area (Å²) in [6.07, 6.45) is 13.0. The Kier molecular flexibility index (Phi) is 16.7. The van der Waals surface area contributed by atoms with Gasteiger partial charge in [-0.2, -0.15) is 0 Å². The summed E-state index contributed by atoms with van der Waals surface area (Å²) in [4.78, 5) is 45.6. The van der Waals surface area contributed by atoms with Crippen LogP contribution in [-0.4, -0.2) is 74.8 Å². The Bertz CT molecular complexity index is 2840. The number of amides is 1. The molecule has 3 aliphatic rings. The normalized spacial score (nSPS) is 21.5. The van der Waals surface area contributed by atoms with E-state index in [0.717, 1.165) is 53.2 Å². The highest BCUT2D eigenvalue weighted by molar-refractivity contribution is 6.03. The molecule has 0 saturated heterocycles. The summed E-state index contributed by atoms with van der Waals surface area (Å²) in [5, 5.41) is 49.9. The molecule has 374 valence electrons. The molecule has 0 spiro atoms. The first-order valence-corrected chi connectivity index (χ1v) is 24.5. The van der Waals surface area contributed by atoms with Crippen LogP contribution in [0.5, 0.6) is 11.5 Å². The highest BCUT2D eigenvalue weighted by Crippen LogP contribution is 2.62. The summed E-state index contributed by atoms with van der Waals surface area (Å²) in [5.41, 5.74) is 4.27. The van der Waals surface area contributed by atoms with Crippen LogP contribution in [0.1, 0.15) is 73.1 Å². The molecule has 0 radical (unpaired) electrons. The van der Waals surface area contributed by atoms with Crippen LogP contribution in [0, 0.1) is 38.0 Å². The van der Waals surface area contributed by atoms with E-state index in [1.165, 1.54) is 30.3 Å². The first-order valence-electron chi connectivity index (χ1n) is 24.5. The number of allylic oxidation sites excluding steroid dienone is 1. The number of oxime groups is 1. The zero-order valence-electron chi connectivity index (χ0n) is 40.1. The minimum Gasteiger partial charge on any atom is -0.490 e. The van der Waals surface area contributed by atoms with Crippen LogP contribution < -0.4 is 9.47 Å². The topological polar surface area (TPSA) is 196 Å². The van der Waals surface area contributed by atoms with Crippen molar-refractivity contribution in [2.24, 2.45) is 22.9 Å². The molecule has 15 nitrogen and oxygen atoms in total. The molecule has 5 aromatic rings. The number of aliphatic hydroxyl groups excluding tert-OH is 2. The summed E-state index contributed by atoms with van der Waals surface area (Å²) >= 11 is 0. The van der Waals surface area contributed by atoms with Crippen LogP contribution >= 0.6 is 0 Å². The smallest absolute Gasteiger partial charge is 0.269 e. The lowest BCUT2D eigenvalue weighted by atomic mass is 9.55. The number of ether oxygens (including phenoxy) is 3. The Labute approximate surface area is 418 Å². The largest absolute Gasteiger partial charge is 0.490 e. The highest BCUT2D eigenvalue weighted by Gasteiger charge is 2.65. The summed E-state index contributed by atoms with van der Waals surface area (Å²) in [6.45, 7) is 8.44. The Morgan fingerprint density at radius 3 is 2.25 bits per heavy atom. The second-order valence-corrected chi connectivity index (χ2v) is 18.4. The van der Waals surface area contributed by atoms with Crippen molar-refractivity contribution in [1.82, 2.24) is 4.90 Å². The summed E-state index contributed by atoms with van der Waals surface area (Å²) in [5.74, 6) is -1.79. The molecule has 15 heteroatoms. The van der Waals surface area contributed by atoms with Crippen molar-refractivity contribution in [2.75, 3.05) is 26.4 Å². The summed E-state index contributed by atoms with van der Waals surface area (Å²) in [7, 11) is 0. The van der Waals surface area contributed by atoms with E-state index < -0.39 is 27.6 Å². The summed E-state index contributed by atoms with van der Waals surface area (Å²) < 4.78 is 20.8. The van der Waals surface area contributed by atoms with Crippen molar-refractivity contribution in [3.63, 3.8) is 0 Å². The van der Waals surface area contributed by atoms with E-state index >= 15 is 4.79 Å². The molecular formula is C57H60N4O11. The number of fused-ring (bicyclic) bond motifs is 3. The zero-order chi connectivity index (χ0) is 50.6. The highest BCUT2D eigenvalue weighted by atomic mass is 16.7. The Morgan fingerprint density at radius 2 is 1.54 bits per heavy atom. The molecular weight excluding hydrogens is 917 g/mol. The van der Waals surface area contributed by atoms with Gasteiger partial charge in [0.05, 0.1) is 28.1 Å². The van der Waals surface area contributed by atoms with Crippen molar-refractivity contribution >= 4 is 39.8 Å². The molecule has 1 fully saturated rings. The third-order valence-electron chi connectivity index (χ3n) is 14.0. The van der Waals surface area contributed by atoms with Gasteiger partial charge in [0.15, 0.2) is 0 Å². The number of aliphatic hydroxyl groups is 2. The average molecular weight is 977 g/mol. The molecule has 6 atom stereocenters. The standard InChI is InChI=1S/C57H60N4O11/c1-3-32-69-46-27-28-52-50(35-46)55-48(17-8-10-31-63)42(13-7-9-30-62)34-49-51(58-71-38-40-20-25-45(26-21-40)61(67)68)36-53(57(72-52,56(49)55)70-33-4-2)59(37-43-15-11-14-41-12-5-6-16-47(41)43)54(64)29-22-39-18-23-44(24-19-39)60(65)66/h3-6,11-12,14-16,18-29,34-35,42,48,53,55-56,62-63H,1-2,7-10,13,17,30-33,36-38H2. The van der Waals surface area contributed by atoms with Crippen LogP contribution in [0.25, 0.3) is 16.8 Å². The zero-order valence-corrected chi connectivity index (χ0v) is 40.1. The molecule has 1 amide bonds. The van der Waals surface area contributed by atoms with Gasteiger partial charge in [-0.25, -0.2) is 0 Å². The van der Waals surface area contributed by atoms with E-state index in [9.17, 15) is 30.4 Å². The third kappa shape index (κ3) is 11.2. The lowest BCUT2D eigenvalue weighted by Gasteiger charge is -2.60. The minimum absolute atomic E-state index is 0.00465. The van der Waals surface area contributed by atoms with E-state index in [1.54, 1.807) is 47.4 Å². The number of hydrogen-bond donors (Lipinski definition) is 2. The van der Waals surface area contributed by atoms with Gasteiger partial charge in [-0.05, 0) is 119 Å². The predicted octanol–water partition coefficient (Wildman–Crippen LogP) is 10.8. The maximum atomic E-state index is 15.5. The number of non-ortho nitro benzene ring substituents is 2. The van der Waals surface area contributed by atoms with E-state index in [1.807, 2.05) is 60.7 Å². The molecule has 0 aromatic heterocycles. The van der Waals surface area contributed by atoms with Gasteiger partial charge >= 0.3 is 0 Å². The van der Waals surface area contributed by atoms with Gasteiger partial charge < -0.3 is 34.2 Å². The van der Waals surface area contributed by atoms with Gasteiger partial charge in [0.25, 0.3) is 11.4 Å². The van der Waals surface area contributed by atoms with Gasteiger partial charge in [-0.15, -0.1) is 6.58 Å². The lowest BCUT2D eigenvalue weighted by Crippen LogP contribution is -2.70. The number of unbranched alkanes of at least 4 members (excludes halogenated alkanes) is 2. The molecule has 6 unspecified atom stereocenters. The van der Waals surface area contributed by atoms with Gasteiger partial charge in [-0.3, -0.25) is 25.0 Å². The maximum absolute atomic E-state index is 15.5. The van der Waals surface area contributed by atoms with E-state index in [0.29, 0.717) is 41.2 Å². The monoisotopic (exact) mass is 976 g/mol. The van der Waals surface area contributed by atoms with Crippen molar-refractivity contribution in [2.45, 2.75) is 75.8 Å². The van der Waals surface area contributed by atoms with Crippen LogP contribution in [-0.2, 0) is 27.5 Å². The van der Waals surface area contributed by atoms with Crippen molar-refractivity contribution in [3.05, 3.63) is 195 Å². The second kappa shape index (κ2) is 23.6. The molecule has 1 saturated carbocycles. The number of nitro groups is 2. The number of carbonyl (C=O) groups is 1. The summed E-state index contributed by atoms with van der Waals surface area (Å²) in [6, 6.07) is 30.9. The van der Waals surface area contributed by atoms with Crippen molar-refractivity contribution < 1.29 is 43.9 Å². The Hall–Kier alpha value is -7.46. The fraction of sp³-hybridized carbons (Fsp3) is 0.333. The predicted molar refractivity (Wildman–Crippen MR) is 275 cm³/mol. The molecule has 1 heterocycles. The third-order valence-corrected chi connectivity index (χ3v) is 14.0. The number of nitrogens with zero attached hydrogens (tertiary/aromatic N) is 4. The average Bonchev–Trinajstić information content (AvgIpc) is 3.39. The van der Waals surface area contributed by atoms with Crippen molar-refractivity contribution in [1.29, 1.82) is 0 Å². The van der Waals surface area contributed by atoms with Gasteiger partial charge in [-0.1, -0.05) is 85.3 Å². The van der Waals surface area contributed by atoms with Crippen LogP contribution in [0.2, 0.25) is 0 Å². The van der Waals surface area contributed by atoms with E-state index in [4.69, 9.17) is 24.2 Å². The maximum Gasteiger partial charge on any atom is 0.269 e. The van der Waals surface area contributed by atoms with Gasteiger partial charge in [0, 0.05) is 68.0 Å². The first-order chi connectivity index (χ1) is 35.1. The van der Waals surface area contributed by atoms with E-state index in [2.05, 4.69) is 19.2 Å². The molecule has 2 N–H and O–H groups in total. The van der Waals surface area contributed by atoms with Crippen LogP contribution in [0.15, 0.2) is 157 Å². The quantitative estimate of drug-likeness (QED) is 0.0196. The van der Waals surface area contributed by atoms with Gasteiger partial charge in [0.1, 0.15) is 30.8 Å². The first kappa shape index (κ1) is 50.9. The fourth-order valence-corrected chi connectivity index (χ4v) is 10.7. The van der Waals surface area contributed by atoms with Crippen LogP contribution in [0.4, 0.5) is 11.4 Å². The number of rotatable bonds is 24. The van der Waals surface area contributed by atoms with E-state index in [-0.39, 0.29) is 81.0 Å². The van der Waals surface area contributed by atoms with Gasteiger partial charge in [0.2, 0.25) is 11.7 Å². The molecule has 0 bridgehead atoms. The lowest BCUT2D eigenvalue weighted by molar-refractivity contribution is -0.385. The minimum atomic E-state index is -1.58. The molecule has 2 aliphatic carbocycles. The molecule has 5 aromatic carbocycles.